The number of carbonyl (C=O) groups excluding carboxylic acids is 3. The predicted octanol–water partition coefficient (Wildman–Crippen LogP) is 3.96. The number of nitrogens with two attached hydrogens (primary N) is 1. The van der Waals surface area contributed by atoms with Gasteiger partial charge in [-0.15, -0.1) is 0 Å². The van der Waals surface area contributed by atoms with Crippen molar-refractivity contribution in [2.24, 2.45) is 5.73 Å². The van der Waals surface area contributed by atoms with Gasteiger partial charge in [-0.3, -0.25) is 19.4 Å². The Bertz CT molecular complexity index is 1370. The number of carbonyl (C=O) groups is 3. The Labute approximate surface area is 247 Å². The van der Waals surface area contributed by atoms with Gasteiger partial charge in [0.1, 0.15) is 12.1 Å². The first-order valence-electron chi connectivity index (χ1n) is 13.4. The van der Waals surface area contributed by atoms with Gasteiger partial charge in [0.25, 0.3) is 0 Å². The zero-order chi connectivity index (χ0) is 30.9. The number of rotatable bonds is 13. The molecule has 0 aliphatic heterocycles. The number of anilines is 1. The van der Waals surface area contributed by atoms with Crippen molar-refractivity contribution in [1.82, 2.24) is 19.6 Å². The predicted molar refractivity (Wildman–Crippen MR) is 155 cm³/mol. The number of aromatic nitrogens is 1. The summed E-state index contributed by atoms with van der Waals surface area (Å²) in [5, 5.41) is 3.55. The number of para-hydroxylation sites is 1. The molecule has 0 bridgehead atoms. The maximum absolute atomic E-state index is 13.6. The number of pyridine rings is 1. The minimum absolute atomic E-state index is 0.0103. The summed E-state index contributed by atoms with van der Waals surface area (Å²) >= 11 is 5.90. The molecule has 0 spiro atoms. The smallest absolute Gasteiger partial charge is 0.342 e. The summed E-state index contributed by atoms with van der Waals surface area (Å²) in [6, 6.07) is 11.3. The molecule has 1 aromatic heterocycles. The van der Waals surface area contributed by atoms with Crippen LogP contribution in [-0.2, 0) is 27.0 Å². The van der Waals surface area contributed by atoms with Crippen LogP contribution in [0.2, 0.25) is 0 Å². The summed E-state index contributed by atoms with van der Waals surface area (Å²) in [5.41, 5.74) is 6.25. The standard InChI is InChI=1S/C29H34ClF3N6O3/c1-3-39(15-14-34)26(40)13-12-24(37-30)28(42)38(2)25(16-19-8-10-21(11-9-19)29(31,32)33)27(41)36-22-17-20-6-4-5-7-23(20)35-18-22/h4-11,17-18,24-25,37H,3,12-16,34H2,1-2H3,(H,36,41). The Balaban J connectivity index is 1.83. The van der Waals surface area contributed by atoms with Gasteiger partial charge in [-0.05, 0) is 55.0 Å². The summed E-state index contributed by atoms with van der Waals surface area (Å²) in [7, 11) is 1.41. The van der Waals surface area contributed by atoms with Crippen LogP contribution in [0.15, 0.2) is 60.8 Å². The lowest BCUT2D eigenvalue weighted by Crippen LogP contribution is -2.52. The van der Waals surface area contributed by atoms with Crippen molar-refractivity contribution >= 4 is 46.1 Å². The van der Waals surface area contributed by atoms with Crippen LogP contribution in [0.5, 0.6) is 0 Å². The van der Waals surface area contributed by atoms with Gasteiger partial charge < -0.3 is 20.9 Å². The van der Waals surface area contributed by atoms with E-state index in [1.807, 2.05) is 31.2 Å². The average molecular weight is 607 g/mol. The number of hydrogen-bond donors (Lipinski definition) is 3. The first kappa shape index (κ1) is 32.8. The van der Waals surface area contributed by atoms with Crippen LogP contribution in [0.3, 0.4) is 0 Å². The third-order valence-corrected chi connectivity index (χ3v) is 7.16. The number of nitrogens with one attached hydrogen (secondary N) is 2. The van der Waals surface area contributed by atoms with Gasteiger partial charge in [-0.1, -0.05) is 30.3 Å². The first-order valence-corrected chi connectivity index (χ1v) is 13.8. The lowest BCUT2D eigenvalue weighted by molar-refractivity contribution is -0.139. The fourth-order valence-electron chi connectivity index (χ4n) is 4.49. The van der Waals surface area contributed by atoms with Crippen LogP contribution < -0.4 is 15.9 Å². The largest absolute Gasteiger partial charge is 0.416 e. The molecule has 4 N–H and O–H groups in total. The highest BCUT2D eigenvalue weighted by molar-refractivity contribution is 6.15. The number of amides is 3. The Morgan fingerprint density at radius 1 is 1.10 bits per heavy atom. The monoisotopic (exact) mass is 606 g/mol. The Morgan fingerprint density at radius 3 is 2.40 bits per heavy atom. The zero-order valence-corrected chi connectivity index (χ0v) is 24.1. The molecule has 3 aromatic rings. The molecule has 0 saturated carbocycles. The van der Waals surface area contributed by atoms with E-state index in [-0.39, 0.29) is 25.2 Å². The second-order valence-corrected chi connectivity index (χ2v) is 9.95. The van der Waals surface area contributed by atoms with Crippen LogP contribution >= 0.6 is 11.8 Å². The molecule has 0 fully saturated rings. The van der Waals surface area contributed by atoms with E-state index in [0.29, 0.717) is 30.9 Å². The Kier molecular flexibility index (Phi) is 11.7. The number of benzene rings is 2. The maximum atomic E-state index is 13.6. The van der Waals surface area contributed by atoms with Crippen LogP contribution in [0.1, 0.15) is 30.9 Å². The van der Waals surface area contributed by atoms with Gasteiger partial charge in [0.05, 0.1) is 23.0 Å². The average Bonchev–Trinajstić information content (AvgIpc) is 2.98. The van der Waals surface area contributed by atoms with Crippen molar-refractivity contribution in [2.75, 3.05) is 32.0 Å². The topological polar surface area (TPSA) is 121 Å². The van der Waals surface area contributed by atoms with Crippen LogP contribution in [0, 0.1) is 0 Å². The van der Waals surface area contributed by atoms with Crippen molar-refractivity contribution in [3.05, 3.63) is 71.9 Å². The molecule has 1 heterocycles. The number of fused-ring (bicyclic) bond motifs is 1. The third kappa shape index (κ3) is 8.63. The van der Waals surface area contributed by atoms with Crippen molar-refractivity contribution in [2.45, 2.75) is 44.4 Å². The SMILES string of the molecule is CCN(CCN)C(=O)CCC(NCl)C(=O)N(C)C(Cc1ccc(C(F)(F)F)cc1)C(=O)Nc1cnc2ccccc2c1. The fourth-order valence-corrected chi connectivity index (χ4v) is 4.69. The molecular formula is C29H34ClF3N6O3. The maximum Gasteiger partial charge on any atom is 0.416 e. The highest BCUT2D eigenvalue weighted by atomic mass is 35.5. The summed E-state index contributed by atoms with van der Waals surface area (Å²) < 4.78 is 39.3. The molecule has 0 aliphatic rings. The normalized spacial score (nSPS) is 12.9. The minimum atomic E-state index is -4.51. The van der Waals surface area contributed by atoms with Crippen LogP contribution in [-0.4, -0.2) is 71.3 Å². The number of hydrogen-bond acceptors (Lipinski definition) is 6. The van der Waals surface area contributed by atoms with E-state index in [9.17, 15) is 27.6 Å². The summed E-state index contributed by atoms with van der Waals surface area (Å²) in [6.07, 6.45) is -3.06. The first-order chi connectivity index (χ1) is 20.0. The van der Waals surface area contributed by atoms with Crippen molar-refractivity contribution in [3.8, 4) is 0 Å². The molecule has 13 heteroatoms. The number of likely N-dealkylation sites (N-methyl/N-ethyl adjacent to an activating group) is 2. The van der Waals surface area contributed by atoms with E-state index >= 15 is 0 Å². The third-order valence-electron chi connectivity index (χ3n) is 6.90. The molecule has 9 nitrogen and oxygen atoms in total. The zero-order valence-electron chi connectivity index (χ0n) is 23.3. The molecule has 2 atom stereocenters. The lowest BCUT2D eigenvalue weighted by atomic mass is 10.0. The number of alkyl halides is 3. The van der Waals surface area contributed by atoms with Crippen LogP contribution in [0.25, 0.3) is 10.9 Å². The lowest BCUT2D eigenvalue weighted by Gasteiger charge is -2.30. The van der Waals surface area contributed by atoms with E-state index in [4.69, 9.17) is 17.5 Å². The number of halogens is 4. The molecule has 226 valence electrons. The van der Waals surface area contributed by atoms with Crippen molar-refractivity contribution in [3.63, 3.8) is 0 Å². The van der Waals surface area contributed by atoms with Gasteiger partial charge >= 0.3 is 6.18 Å². The van der Waals surface area contributed by atoms with E-state index in [1.165, 1.54) is 30.3 Å². The second-order valence-electron chi connectivity index (χ2n) is 9.73. The Hall–Kier alpha value is -3.74. The molecule has 42 heavy (non-hydrogen) atoms. The van der Waals surface area contributed by atoms with E-state index in [2.05, 4.69) is 15.1 Å². The van der Waals surface area contributed by atoms with E-state index in [1.54, 1.807) is 11.0 Å². The number of nitrogens with zero attached hydrogens (tertiary/aromatic N) is 3. The molecule has 0 saturated heterocycles. The molecule has 3 amide bonds. The molecule has 3 rings (SSSR count). The minimum Gasteiger partial charge on any atom is -0.342 e. The van der Waals surface area contributed by atoms with Crippen molar-refractivity contribution in [1.29, 1.82) is 0 Å². The summed E-state index contributed by atoms with van der Waals surface area (Å²) in [4.78, 5) is 49.1. The van der Waals surface area contributed by atoms with Gasteiger partial charge in [-0.25, -0.2) is 4.84 Å². The van der Waals surface area contributed by atoms with Gasteiger partial charge in [0.2, 0.25) is 17.7 Å². The molecule has 2 unspecified atom stereocenters. The van der Waals surface area contributed by atoms with E-state index < -0.39 is 35.6 Å². The molecule has 0 aliphatic carbocycles. The molecule has 2 aromatic carbocycles. The summed E-state index contributed by atoms with van der Waals surface area (Å²) in [5.74, 6) is -1.34. The van der Waals surface area contributed by atoms with Gasteiger partial charge in [0, 0.05) is 44.9 Å². The Morgan fingerprint density at radius 2 is 1.79 bits per heavy atom. The van der Waals surface area contributed by atoms with Gasteiger partial charge in [-0.2, -0.15) is 13.2 Å². The second kappa shape index (κ2) is 14.9. The highest BCUT2D eigenvalue weighted by Crippen LogP contribution is 2.29. The van der Waals surface area contributed by atoms with Crippen LogP contribution in [0.4, 0.5) is 18.9 Å². The van der Waals surface area contributed by atoms with Crippen molar-refractivity contribution < 1.29 is 27.6 Å². The van der Waals surface area contributed by atoms with Gasteiger partial charge in [0.15, 0.2) is 0 Å². The fraction of sp³-hybridized carbons (Fsp3) is 0.379. The highest BCUT2D eigenvalue weighted by Gasteiger charge is 2.33. The van der Waals surface area contributed by atoms with E-state index in [0.717, 1.165) is 23.0 Å². The summed E-state index contributed by atoms with van der Waals surface area (Å²) in [6.45, 7) is 2.95. The quantitative estimate of drug-likeness (QED) is 0.253. The molecular weight excluding hydrogens is 573 g/mol. The molecule has 0 radical (unpaired) electrons.